The van der Waals surface area contributed by atoms with E-state index in [1.54, 1.807) is 23.0 Å². The van der Waals surface area contributed by atoms with Crippen molar-refractivity contribution in [2.24, 2.45) is 5.41 Å². The number of anilines is 1. The van der Waals surface area contributed by atoms with Gasteiger partial charge in [-0.15, -0.1) is 5.10 Å². The molecule has 5 rings (SSSR count). The molecule has 172 valence electrons. The number of benzene rings is 1. The molecule has 0 fully saturated rings. The highest BCUT2D eigenvalue weighted by Crippen LogP contribution is 2.40. The lowest BCUT2D eigenvalue weighted by Crippen LogP contribution is -2.31. The van der Waals surface area contributed by atoms with Crippen molar-refractivity contribution >= 4 is 5.95 Å². The molecule has 1 aliphatic rings. The Hall–Kier alpha value is -4.10. The minimum atomic E-state index is -0.556. The lowest BCUT2D eigenvalue weighted by atomic mass is 9.79. The van der Waals surface area contributed by atoms with Gasteiger partial charge in [0.15, 0.2) is 0 Å². The zero-order chi connectivity index (χ0) is 24.0. The van der Waals surface area contributed by atoms with Crippen LogP contribution >= 0.6 is 0 Å². The van der Waals surface area contributed by atoms with Crippen molar-refractivity contribution in [3.05, 3.63) is 59.0 Å². The summed E-state index contributed by atoms with van der Waals surface area (Å²) in [4.78, 5) is 8.70. The van der Waals surface area contributed by atoms with Gasteiger partial charge in [0.25, 0.3) is 0 Å². The summed E-state index contributed by atoms with van der Waals surface area (Å²) in [6, 6.07) is 11.4. The molecule has 0 spiro atoms. The molecule has 10 heteroatoms. The Labute approximate surface area is 196 Å². The molecule has 0 radical (unpaired) electrons. The summed E-state index contributed by atoms with van der Waals surface area (Å²) in [6.07, 6.45) is 2.09. The van der Waals surface area contributed by atoms with Gasteiger partial charge in [0.2, 0.25) is 5.95 Å². The molecule has 1 atom stereocenters. The summed E-state index contributed by atoms with van der Waals surface area (Å²) in [5.74, 6) is 0.113. The van der Waals surface area contributed by atoms with Crippen LogP contribution in [0.25, 0.3) is 22.6 Å². The van der Waals surface area contributed by atoms with Crippen LogP contribution in [0.5, 0.6) is 0 Å². The van der Waals surface area contributed by atoms with Crippen molar-refractivity contribution < 1.29 is 5.11 Å². The standard InChI is InChI=1S/C24H25N9O/c1-14-15(11-25)5-4-6-17(14)18-10-19(28-23(26)27-18)20-13-32(31-29-20)12-16-9-21-22(34)24(2,3)7-8-33(21)30-16/h4-6,9-10,13,22,34H,7-8,12H2,1-3H3,(H2,26,27,28). The third-order valence-electron chi connectivity index (χ3n) is 6.45. The van der Waals surface area contributed by atoms with Crippen molar-refractivity contribution in [3.63, 3.8) is 0 Å². The number of aryl methyl sites for hydroxylation is 1. The highest BCUT2D eigenvalue weighted by molar-refractivity contribution is 5.71. The summed E-state index contributed by atoms with van der Waals surface area (Å²) >= 11 is 0. The number of nitrogens with two attached hydrogens (primary N) is 1. The molecule has 10 nitrogen and oxygen atoms in total. The predicted octanol–water partition coefficient (Wildman–Crippen LogP) is 2.87. The number of aliphatic hydroxyl groups excluding tert-OH is 1. The van der Waals surface area contributed by atoms with Gasteiger partial charge in [0.05, 0.1) is 47.1 Å². The Morgan fingerprint density at radius 1 is 1.21 bits per heavy atom. The van der Waals surface area contributed by atoms with Crippen molar-refractivity contribution in [2.75, 3.05) is 5.73 Å². The zero-order valence-corrected chi connectivity index (χ0v) is 19.3. The van der Waals surface area contributed by atoms with Crippen LogP contribution in [0.2, 0.25) is 0 Å². The number of aliphatic hydroxyl groups is 1. The van der Waals surface area contributed by atoms with Crippen LogP contribution in [0.15, 0.2) is 36.5 Å². The van der Waals surface area contributed by atoms with Crippen molar-refractivity contribution in [3.8, 4) is 28.7 Å². The van der Waals surface area contributed by atoms with E-state index in [0.29, 0.717) is 29.2 Å². The highest BCUT2D eigenvalue weighted by atomic mass is 16.3. The van der Waals surface area contributed by atoms with E-state index in [4.69, 9.17) is 5.73 Å². The Morgan fingerprint density at radius 3 is 2.79 bits per heavy atom. The zero-order valence-electron chi connectivity index (χ0n) is 19.3. The van der Waals surface area contributed by atoms with E-state index < -0.39 is 6.10 Å². The summed E-state index contributed by atoms with van der Waals surface area (Å²) in [5.41, 5.74) is 11.4. The van der Waals surface area contributed by atoms with Crippen LogP contribution in [0.3, 0.4) is 0 Å². The molecule has 4 heterocycles. The third kappa shape index (κ3) is 3.80. The lowest BCUT2D eigenvalue weighted by molar-refractivity contribution is 0.0146. The summed E-state index contributed by atoms with van der Waals surface area (Å²) < 4.78 is 3.55. The topological polar surface area (TPSA) is 144 Å². The molecule has 0 amide bonds. The molecule has 34 heavy (non-hydrogen) atoms. The average molecular weight is 456 g/mol. The third-order valence-corrected chi connectivity index (χ3v) is 6.45. The number of hydrogen-bond acceptors (Lipinski definition) is 8. The smallest absolute Gasteiger partial charge is 0.221 e. The first-order valence-electron chi connectivity index (χ1n) is 11.0. The Balaban J connectivity index is 1.43. The van der Waals surface area contributed by atoms with Gasteiger partial charge in [-0.3, -0.25) is 4.68 Å². The fourth-order valence-corrected chi connectivity index (χ4v) is 4.32. The van der Waals surface area contributed by atoms with E-state index in [1.807, 2.05) is 29.8 Å². The van der Waals surface area contributed by atoms with Gasteiger partial charge in [-0.1, -0.05) is 31.2 Å². The first kappa shape index (κ1) is 21.7. The lowest BCUT2D eigenvalue weighted by Gasteiger charge is -2.35. The fourth-order valence-electron chi connectivity index (χ4n) is 4.32. The number of hydrogen-bond donors (Lipinski definition) is 2. The van der Waals surface area contributed by atoms with E-state index in [9.17, 15) is 10.4 Å². The van der Waals surface area contributed by atoms with Gasteiger partial charge in [-0.2, -0.15) is 10.4 Å². The Kier molecular flexibility index (Phi) is 5.14. The monoisotopic (exact) mass is 455 g/mol. The first-order valence-corrected chi connectivity index (χ1v) is 11.0. The minimum absolute atomic E-state index is 0.113. The maximum atomic E-state index is 10.7. The summed E-state index contributed by atoms with van der Waals surface area (Å²) in [7, 11) is 0. The van der Waals surface area contributed by atoms with Crippen molar-refractivity contribution in [2.45, 2.75) is 46.4 Å². The van der Waals surface area contributed by atoms with E-state index in [1.165, 1.54) is 0 Å². The number of aromatic nitrogens is 7. The van der Waals surface area contributed by atoms with Crippen molar-refractivity contribution in [1.29, 1.82) is 5.26 Å². The normalized spacial score (nSPS) is 16.7. The fraction of sp³-hybridized carbons (Fsp3) is 0.333. The molecule has 1 unspecified atom stereocenters. The van der Waals surface area contributed by atoms with Gasteiger partial charge < -0.3 is 10.8 Å². The summed E-state index contributed by atoms with van der Waals surface area (Å²) in [6.45, 7) is 7.20. The van der Waals surface area contributed by atoms with Gasteiger partial charge >= 0.3 is 0 Å². The van der Waals surface area contributed by atoms with Crippen LogP contribution in [-0.4, -0.2) is 39.8 Å². The molecular weight excluding hydrogens is 430 g/mol. The molecule has 3 aromatic heterocycles. The number of rotatable bonds is 4. The van der Waals surface area contributed by atoms with Crippen LogP contribution < -0.4 is 5.73 Å². The second kappa shape index (κ2) is 8.04. The van der Waals surface area contributed by atoms with Crippen LogP contribution in [0.4, 0.5) is 5.95 Å². The van der Waals surface area contributed by atoms with Crippen LogP contribution in [0, 0.1) is 23.7 Å². The quantitative estimate of drug-likeness (QED) is 0.478. The van der Waals surface area contributed by atoms with Gasteiger partial charge in [-0.25, -0.2) is 14.6 Å². The molecule has 0 saturated heterocycles. The molecule has 0 bridgehead atoms. The van der Waals surface area contributed by atoms with E-state index in [0.717, 1.165) is 35.5 Å². The van der Waals surface area contributed by atoms with Crippen molar-refractivity contribution in [1.82, 2.24) is 34.7 Å². The van der Waals surface area contributed by atoms with Crippen LogP contribution in [-0.2, 0) is 13.1 Å². The number of nitriles is 1. The average Bonchev–Trinajstić information content (AvgIpc) is 3.44. The number of nitrogens with zero attached hydrogens (tertiary/aromatic N) is 8. The molecular formula is C24H25N9O. The van der Waals surface area contributed by atoms with E-state index >= 15 is 0 Å². The molecule has 0 saturated carbocycles. The van der Waals surface area contributed by atoms with Crippen LogP contribution in [0.1, 0.15) is 48.9 Å². The van der Waals surface area contributed by atoms with E-state index in [2.05, 4.69) is 45.3 Å². The maximum absolute atomic E-state index is 10.7. The Bertz CT molecular complexity index is 1430. The first-order chi connectivity index (χ1) is 16.2. The molecule has 0 aliphatic carbocycles. The van der Waals surface area contributed by atoms with E-state index in [-0.39, 0.29) is 11.4 Å². The number of fused-ring (bicyclic) bond motifs is 1. The highest BCUT2D eigenvalue weighted by Gasteiger charge is 2.35. The molecule has 1 aromatic carbocycles. The summed E-state index contributed by atoms with van der Waals surface area (Å²) in [5, 5.41) is 33.2. The minimum Gasteiger partial charge on any atom is -0.386 e. The number of nitrogen functional groups attached to an aromatic ring is 1. The van der Waals surface area contributed by atoms with Gasteiger partial charge in [0, 0.05) is 12.1 Å². The maximum Gasteiger partial charge on any atom is 0.221 e. The second-order valence-electron chi connectivity index (χ2n) is 9.31. The van der Waals surface area contributed by atoms with Gasteiger partial charge in [-0.05, 0) is 42.5 Å². The molecule has 4 aromatic rings. The molecule has 1 aliphatic heterocycles. The second-order valence-corrected chi connectivity index (χ2v) is 9.31. The largest absolute Gasteiger partial charge is 0.386 e. The SMILES string of the molecule is Cc1c(C#N)cccc1-c1cc(-c2cn(Cc3cc4n(n3)CCC(C)(C)C4O)nn2)nc(N)n1. The van der Waals surface area contributed by atoms with Gasteiger partial charge in [0.1, 0.15) is 11.8 Å². The molecule has 3 N–H and O–H groups in total. The predicted molar refractivity (Wildman–Crippen MR) is 125 cm³/mol. The Morgan fingerprint density at radius 2 is 2.00 bits per heavy atom.